The van der Waals surface area contributed by atoms with Crippen molar-refractivity contribution in [2.45, 2.75) is 32.7 Å². The minimum absolute atomic E-state index is 0.0594. The number of rotatable bonds is 2. The highest BCUT2D eigenvalue weighted by Gasteiger charge is 2.41. The van der Waals surface area contributed by atoms with Gasteiger partial charge in [-0.2, -0.15) is 10.1 Å². The smallest absolute Gasteiger partial charge is 0.226 e. The molecule has 25 heavy (non-hydrogen) atoms. The molecule has 4 rings (SSSR count). The predicted molar refractivity (Wildman–Crippen MR) is 97.5 cm³/mol. The molecule has 0 saturated heterocycles. The van der Waals surface area contributed by atoms with E-state index in [1.807, 2.05) is 18.2 Å². The first-order valence-electron chi connectivity index (χ1n) is 8.16. The third kappa shape index (κ3) is 2.66. The van der Waals surface area contributed by atoms with E-state index in [0.29, 0.717) is 12.4 Å². The molecule has 1 aliphatic carbocycles. The number of hydrogen-bond donors (Lipinski definition) is 1. The average Bonchev–Trinajstić information content (AvgIpc) is 2.99. The van der Waals surface area contributed by atoms with Gasteiger partial charge in [0, 0.05) is 17.7 Å². The number of Topliss-reactive ketones (excluding diaryl/α,β-unsaturated/α-hetero) is 1. The van der Waals surface area contributed by atoms with Gasteiger partial charge in [0.1, 0.15) is 18.1 Å². The number of methoxy groups -OCH3 is 1. The molecule has 0 fully saturated rings. The fourth-order valence-electron chi connectivity index (χ4n) is 3.71. The van der Waals surface area contributed by atoms with Gasteiger partial charge in [0.2, 0.25) is 5.95 Å². The molecule has 1 atom stereocenters. The Bertz CT molecular complexity index is 900. The standard InChI is InChI=1S/C18H19BrN4O2/c1-18(2)7-12-15(13(24)8-18)16(23-17(22-12)20-9-21-23)10-4-5-14(25-3)11(19)6-10/h4-6,9,16H,7-8H2,1-3H3,(H,20,21,22)/t16-/m1/s1. The van der Waals surface area contributed by atoms with Crippen molar-refractivity contribution in [3.05, 3.63) is 45.8 Å². The molecule has 1 N–H and O–H groups in total. The number of fused-ring (bicyclic) bond motifs is 1. The number of anilines is 1. The number of carbonyl (C=O) groups is 1. The zero-order valence-corrected chi connectivity index (χ0v) is 15.9. The molecular weight excluding hydrogens is 384 g/mol. The van der Waals surface area contributed by atoms with Crippen molar-refractivity contribution in [3.63, 3.8) is 0 Å². The molecule has 2 aromatic rings. The van der Waals surface area contributed by atoms with Crippen LogP contribution in [0.5, 0.6) is 5.75 Å². The van der Waals surface area contributed by atoms with Crippen LogP contribution in [0.25, 0.3) is 0 Å². The molecule has 0 amide bonds. The molecule has 2 aliphatic rings. The van der Waals surface area contributed by atoms with Crippen LogP contribution in [0.4, 0.5) is 5.95 Å². The van der Waals surface area contributed by atoms with Gasteiger partial charge in [0.25, 0.3) is 0 Å². The molecule has 1 aromatic carbocycles. The van der Waals surface area contributed by atoms with Crippen LogP contribution in [0.3, 0.4) is 0 Å². The quantitative estimate of drug-likeness (QED) is 0.828. The van der Waals surface area contributed by atoms with E-state index >= 15 is 0 Å². The fourth-order valence-corrected chi connectivity index (χ4v) is 4.27. The first-order chi connectivity index (χ1) is 11.9. The Hall–Kier alpha value is -2.15. The van der Waals surface area contributed by atoms with Crippen LogP contribution in [-0.2, 0) is 4.79 Å². The molecule has 0 spiro atoms. The van der Waals surface area contributed by atoms with Gasteiger partial charge in [-0.1, -0.05) is 19.9 Å². The van der Waals surface area contributed by atoms with Crippen LogP contribution in [0.15, 0.2) is 40.3 Å². The van der Waals surface area contributed by atoms with E-state index in [1.165, 1.54) is 6.33 Å². The SMILES string of the molecule is COc1ccc([C@@H]2C3=C(CC(C)(C)CC3=O)Nc3ncnn32)cc1Br. The number of nitrogens with one attached hydrogen (secondary N) is 1. The highest BCUT2D eigenvalue weighted by atomic mass is 79.9. The highest BCUT2D eigenvalue weighted by Crippen LogP contribution is 2.45. The molecule has 0 unspecified atom stereocenters. The molecule has 6 nitrogen and oxygen atoms in total. The second-order valence-electron chi connectivity index (χ2n) is 7.28. The van der Waals surface area contributed by atoms with Crippen LogP contribution < -0.4 is 10.1 Å². The molecule has 130 valence electrons. The van der Waals surface area contributed by atoms with E-state index in [4.69, 9.17) is 4.74 Å². The Morgan fingerprint density at radius 2 is 2.16 bits per heavy atom. The summed E-state index contributed by atoms with van der Waals surface area (Å²) in [6, 6.07) is 5.58. The van der Waals surface area contributed by atoms with Crippen molar-refractivity contribution in [2.24, 2.45) is 5.41 Å². The summed E-state index contributed by atoms with van der Waals surface area (Å²) >= 11 is 3.54. The first-order valence-corrected chi connectivity index (χ1v) is 8.95. The van der Waals surface area contributed by atoms with Crippen LogP contribution in [-0.4, -0.2) is 27.7 Å². The van der Waals surface area contributed by atoms with Gasteiger partial charge in [-0.25, -0.2) is 4.68 Å². The number of ether oxygens (including phenoxy) is 1. The summed E-state index contributed by atoms with van der Waals surface area (Å²) < 4.78 is 7.95. The summed E-state index contributed by atoms with van der Waals surface area (Å²) in [5.74, 6) is 1.58. The lowest BCUT2D eigenvalue weighted by Gasteiger charge is -2.38. The summed E-state index contributed by atoms with van der Waals surface area (Å²) in [6.07, 6.45) is 2.86. The van der Waals surface area contributed by atoms with Crippen LogP contribution >= 0.6 is 15.9 Å². The number of halogens is 1. The fraction of sp³-hybridized carbons (Fsp3) is 0.389. The second kappa shape index (κ2) is 5.69. The predicted octanol–water partition coefficient (Wildman–Crippen LogP) is 3.71. The van der Waals surface area contributed by atoms with Gasteiger partial charge in [-0.15, -0.1) is 0 Å². The number of ketones is 1. The molecule has 2 heterocycles. The van der Waals surface area contributed by atoms with Crippen molar-refractivity contribution in [1.29, 1.82) is 0 Å². The topological polar surface area (TPSA) is 69.0 Å². The summed E-state index contributed by atoms with van der Waals surface area (Å²) in [4.78, 5) is 17.3. The van der Waals surface area contributed by atoms with Gasteiger partial charge in [0.15, 0.2) is 5.78 Å². The van der Waals surface area contributed by atoms with Crippen molar-refractivity contribution in [2.75, 3.05) is 12.4 Å². The molecule has 1 aliphatic heterocycles. The van der Waals surface area contributed by atoms with Gasteiger partial charge in [-0.05, 0) is 45.5 Å². The van der Waals surface area contributed by atoms with E-state index in [9.17, 15) is 4.79 Å². The third-order valence-electron chi connectivity index (χ3n) is 4.77. The lowest BCUT2D eigenvalue weighted by Crippen LogP contribution is -2.36. The first kappa shape index (κ1) is 16.3. The monoisotopic (exact) mass is 402 g/mol. The molecule has 1 aromatic heterocycles. The van der Waals surface area contributed by atoms with Crippen molar-refractivity contribution in [3.8, 4) is 5.75 Å². The largest absolute Gasteiger partial charge is 0.496 e. The molecular formula is C18H19BrN4O2. The minimum atomic E-state index is -0.278. The van der Waals surface area contributed by atoms with Gasteiger partial charge >= 0.3 is 0 Å². The van der Waals surface area contributed by atoms with Crippen LogP contribution in [0.1, 0.15) is 38.3 Å². The Labute approximate surface area is 154 Å². The van der Waals surface area contributed by atoms with E-state index in [2.05, 4.69) is 45.2 Å². The molecule has 7 heteroatoms. The number of carbonyl (C=O) groups excluding carboxylic acids is 1. The molecule has 0 bridgehead atoms. The molecule has 0 saturated carbocycles. The second-order valence-corrected chi connectivity index (χ2v) is 8.14. The number of nitrogens with zero attached hydrogens (tertiary/aromatic N) is 3. The summed E-state index contributed by atoms with van der Waals surface area (Å²) in [7, 11) is 1.63. The maximum atomic E-state index is 13.0. The van der Waals surface area contributed by atoms with Crippen LogP contribution in [0.2, 0.25) is 0 Å². The van der Waals surface area contributed by atoms with E-state index in [1.54, 1.807) is 11.8 Å². The summed E-state index contributed by atoms with van der Waals surface area (Å²) in [5.41, 5.74) is 2.66. The maximum Gasteiger partial charge on any atom is 0.226 e. The van der Waals surface area contributed by atoms with E-state index < -0.39 is 0 Å². The minimum Gasteiger partial charge on any atom is -0.496 e. The highest BCUT2D eigenvalue weighted by molar-refractivity contribution is 9.10. The van der Waals surface area contributed by atoms with E-state index in [-0.39, 0.29) is 17.2 Å². The molecule has 0 radical (unpaired) electrons. The van der Waals surface area contributed by atoms with Gasteiger partial charge in [0.05, 0.1) is 11.6 Å². The lowest BCUT2D eigenvalue weighted by molar-refractivity contribution is -0.118. The number of allylic oxidation sites excluding steroid dienone is 2. The van der Waals surface area contributed by atoms with Crippen molar-refractivity contribution in [1.82, 2.24) is 14.8 Å². The Balaban J connectivity index is 1.88. The Morgan fingerprint density at radius 1 is 1.36 bits per heavy atom. The zero-order chi connectivity index (χ0) is 17.8. The van der Waals surface area contributed by atoms with Crippen molar-refractivity contribution < 1.29 is 9.53 Å². The maximum absolute atomic E-state index is 13.0. The summed E-state index contributed by atoms with van der Waals surface area (Å²) in [6.45, 7) is 4.24. The van der Waals surface area contributed by atoms with Crippen molar-refractivity contribution >= 4 is 27.7 Å². The zero-order valence-electron chi connectivity index (χ0n) is 14.3. The third-order valence-corrected chi connectivity index (χ3v) is 5.39. The lowest BCUT2D eigenvalue weighted by atomic mass is 9.73. The van der Waals surface area contributed by atoms with Crippen LogP contribution in [0, 0.1) is 5.41 Å². The van der Waals surface area contributed by atoms with Gasteiger partial charge in [-0.3, -0.25) is 4.79 Å². The van der Waals surface area contributed by atoms with Gasteiger partial charge < -0.3 is 10.1 Å². The average molecular weight is 403 g/mol. The Kier molecular flexibility index (Phi) is 3.72. The number of benzene rings is 1. The van der Waals surface area contributed by atoms with E-state index in [0.717, 1.165) is 33.5 Å². The number of hydrogen-bond acceptors (Lipinski definition) is 5. The number of aromatic nitrogens is 3. The summed E-state index contributed by atoms with van der Waals surface area (Å²) in [5, 5.41) is 7.67. The normalized spacial score (nSPS) is 21.4. The Morgan fingerprint density at radius 3 is 2.88 bits per heavy atom.